The van der Waals surface area contributed by atoms with Gasteiger partial charge >= 0.3 is 0 Å². The van der Waals surface area contributed by atoms with Crippen LogP contribution in [0.1, 0.15) is 19.8 Å². The molecule has 0 bridgehead atoms. The van der Waals surface area contributed by atoms with E-state index in [9.17, 15) is 0 Å². The molecule has 60 valence electrons. The van der Waals surface area contributed by atoms with Gasteiger partial charge in [0, 0.05) is 6.61 Å². The van der Waals surface area contributed by atoms with E-state index in [2.05, 4.69) is 0 Å². The minimum Gasteiger partial charge on any atom is -0.396 e. The number of aryl methyl sites for hydroxylation is 1. The molecule has 0 saturated heterocycles. The second-order valence-corrected chi connectivity index (χ2v) is 2.59. The van der Waals surface area contributed by atoms with Gasteiger partial charge in [-0.05, 0) is 24.8 Å². The van der Waals surface area contributed by atoms with Crippen LogP contribution in [0.4, 0.5) is 0 Å². The molecule has 1 heteroatoms. The van der Waals surface area contributed by atoms with Crippen molar-refractivity contribution >= 4 is 0 Å². The van der Waals surface area contributed by atoms with E-state index in [0.717, 1.165) is 19.3 Å². The standard InChI is InChI=1S/C10H14O/c11-9-5-4-8-10-6-2-1-3-7-10/h1-3,6-7,11H,4-5,8-9H2/i1D. The summed E-state index contributed by atoms with van der Waals surface area (Å²) >= 11 is 0. The zero-order valence-corrected chi connectivity index (χ0v) is 6.59. The number of benzene rings is 1. The van der Waals surface area contributed by atoms with Crippen LogP contribution in [-0.4, -0.2) is 11.7 Å². The Balaban J connectivity index is 2.37. The Labute approximate surface area is 69.1 Å². The predicted molar refractivity (Wildman–Crippen MR) is 46.5 cm³/mol. The van der Waals surface area contributed by atoms with E-state index < -0.39 is 0 Å². The first kappa shape index (κ1) is 6.86. The Bertz CT molecular complexity index is 218. The average molecular weight is 151 g/mol. The summed E-state index contributed by atoms with van der Waals surface area (Å²) in [6.07, 6.45) is 2.89. The maximum absolute atomic E-state index is 8.56. The van der Waals surface area contributed by atoms with Gasteiger partial charge in [0.25, 0.3) is 0 Å². The van der Waals surface area contributed by atoms with Gasteiger partial charge in [0.1, 0.15) is 0 Å². The van der Waals surface area contributed by atoms with Crippen molar-refractivity contribution < 1.29 is 6.48 Å². The molecule has 1 aromatic rings. The van der Waals surface area contributed by atoms with Crippen molar-refractivity contribution in [1.82, 2.24) is 0 Å². The van der Waals surface area contributed by atoms with Gasteiger partial charge in [-0.1, -0.05) is 30.3 Å². The lowest BCUT2D eigenvalue weighted by Crippen LogP contribution is -1.87. The molecule has 11 heavy (non-hydrogen) atoms. The van der Waals surface area contributed by atoms with Gasteiger partial charge in [-0.25, -0.2) is 0 Å². The zero-order chi connectivity index (χ0) is 8.81. The fourth-order valence-corrected chi connectivity index (χ4v) is 1.03. The second-order valence-electron chi connectivity index (χ2n) is 2.59. The topological polar surface area (TPSA) is 20.2 Å². The number of aliphatic hydroxyl groups is 1. The molecule has 0 aliphatic carbocycles. The third kappa shape index (κ3) is 3.19. The molecule has 0 atom stereocenters. The van der Waals surface area contributed by atoms with E-state index in [4.69, 9.17) is 6.48 Å². The summed E-state index contributed by atoms with van der Waals surface area (Å²) < 4.78 is 7.26. The molecule has 0 saturated carbocycles. The maximum Gasteiger partial charge on any atom is 0.0623 e. The van der Waals surface area contributed by atoms with Crippen molar-refractivity contribution in [2.75, 3.05) is 6.61 Å². The summed E-state index contributed by atoms with van der Waals surface area (Å²) in [5.41, 5.74) is 1.25. The zero-order valence-electron chi connectivity index (χ0n) is 7.59. The van der Waals surface area contributed by atoms with Crippen LogP contribution in [-0.2, 0) is 6.42 Å². The van der Waals surface area contributed by atoms with Gasteiger partial charge in [-0.2, -0.15) is 0 Å². The highest BCUT2D eigenvalue weighted by molar-refractivity contribution is 5.14. The SMILES string of the molecule is [2H]c1ccc(CCCCO)cc1. The van der Waals surface area contributed by atoms with Gasteiger partial charge in [0.05, 0.1) is 1.37 Å². The fraction of sp³-hybridized carbons (Fsp3) is 0.400. The van der Waals surface area contributed by atoms with Crippen LogP contribution >= 0.6 is 0 Å². The molecule has 0 aromatic heterocycles. The van der Waals surface area contributed by atoms with Crippen LogP contribution in [0.25, 0.3) is 0 Å². The van der Waals surface area contributed by atoms with Crippen molar-refractivity contribution in [2.24, 2.45) is 0 Å². The van der Waals surface area contributed by atoms with E-state index in [0.29, 0.717) is 6.04 Å². The van der Waals surface area contributed by atoms with Crippen molar-refractivity contribution in [1.29, 1.82) is 0 Å². The second kappa shape index (κ2) is 4.91. The Morgan fingerprint density at radius 3 is 2.64 bits per heavy atom. The van der Waals surface area contributed by atoms with Crippen LogP contribution < -0.4 is 0 Å². The number of rotatable bonds is 4. The highest BCUT2D eigenvalue weighted by atomic mass is 16.2. The van der Waals surface area contributed by atoms with Crippen LogP contribution in [0.5, 0.6) is 0 Å². The lowest BCUT2D eigenvalue weighted by Gasteiger charge is -1.97. The molecular formula is C10H14O. The monoisotopic (exact) mass is 151 g/mol. The lowest BCUT2D eigenvalue weighted by molar-refractivity contribution is 0.284. The van der Waals surface area contributed by atoms with Crippen molar-refractivity contribution in [3.8, 4) is 0 Å². The highest BCUT2D eigenvalue weighted by Crippen LogP contribution is 2.03. The van der Waals surface area contributed by atoms with Gasteiger partial charge in [-0.15, -0.1) is 0 Å². The molecule has 0 heterocycles. The molecule has 0 amide bonds. The van der Waals surface area contributed by atoms with E-state index in [-0.39, 0.29) is 6.61 Å². The summed E-state index contributed by atoms with van der Waals surface area (Å²) in [5, 5.41) is 8.56. The van der Waals surface area contributed by atoms with Crippen LogP contribution in [0.2, 0.25) is 0 Å². The molecule has 1 rings (SSSR count). The summed E-state index contributed by atoms with van der Waals surface area (Å²) in [4.78, 5) is 0. The molecule has 0 fully saturated rings. The van der Waals surface area contributed by atoms with E-state index in [1.165, 1.54) is 5.56 Å². The lowest BCUT2D eigenvalue weighted by atomic mass is 10.1. The number of unbranched alkanes of at least 4 members (excludes halogenated alkanes) is 1. The smallest absolute Gasteiger partial charge is 0.0623 e. The molecule has 1 aromatic carbocycles. The Morgan fingerprint density at radius 2 is 2.00 bits per heavy atom. The molecule has 0 spiro atoms. The Kier molecular flexibility index (Phi) is 3.07. The largest absolute Gasteiger partial charge is 0.396 e. The average Bonchev–Trinajstić information content (AvgIpc) is 2.09. The van der Waals surface area contributed by atoms with Gasteiger partial charge in [-0.3, -0.25) is 0 Å². The molecule has 0 aliphatic heterocycles. The van der Waals surface area contributed by atoms with Crippen LogP contribution in [0.15, 0.2) is 30.3 Å². The first-order valence-electron chi connectivity index (χ1n) is 4.49. The maximum atomic E-state index is 8.56. The fourth-order valence-electron chi connectivity index (χ4n) is 1.03. The molecular weight excluding hydrogens is 136 g/mol. The number of aliphatic hydroxyl groups excluding tert-OH is 1. The van der Waals surface area contributed by atoms with E-state index in [1.54, 1.807) is 12.1 Å². The van der Waals surface area contributed by atoms with Gasteiger partial charge in [0.15, 0.2) is 0 Å². The minimum atomic E-state index is 0.274. The first-order chi connectivity index (χ1) is 5.83. The molecule has 0 radical (unpaired) electrons. The summed E-state index contributed by atoms with van der Waals surface area (Å²) in [6.45, 7) is 0.274. The Morgan fingerprint density at radius 1 is 1.27 bits per heavy atom. The van der Waals surface area contributed by atoms with Crippen molar-refractivity contribution in [3.63, 3.8) is 0 Å². The summed E-state index contributed by atoms with van der Waals surface area (Å²) in [5.74, 6) is 0. The van der Waals surface area contributed by atoms with Crippen LogP contribution in [0.3, 0.4) is 0 Å². The molecule has 1 nitrogen and oxygen atoms in total. The Hall–Kier alpha value is -0.820. The number of hydrogen-bond acceptors (Lipinski definition) is 1. The van der Waals surface area contributed by atoms with E-state index >= 15 is 0 Å². The first-order valence-corrected chi connectivity index (χ1v) is 3.99. The number of hydrogen-bond donors (Lipinski definition) is 1. The quantitative estimate of drug-likeness (QED) is 0.652. The van der Waals surface area contributed by atoms with E-state index in [1.807, 2.05) is 12.1 Å². The molecule has 0 unspecified atom stereocenters. The van der Waals surface area contributed by atoms with Gasteiger partial charge < -0.3 is 5.11 Å². The molecule has 0 aliphatic rings. The van der Waals surface area contributed by atoms with Crippen LogP contribution in [0, 0.1) is 0 Å². The van der Waals surface area contributed by atoms with Crippen molar-refractivity contribution in [3.05, 3.63) is 35.9 Å². The summed E-state index contributed by atoms with van der Waals surface area (Å²) in [6, 6.07) is 8.10. The minimum absolute atomic E-state index is 0.274. The normalized spacial score (nSPS) is 11.2. The third-order valence-corrected chi connectivity index (χ3v) is 1.66. The molecule has 1 N–H and O–H groups in total. The predicted octanol–water partition coefficient (Wildman–Crippen LogP) is 2.00. The third-order valence-electron chi connectivity index (χ3n) is 1.66. The summed E-state index contributed by atoms with van der Waals surface area (Å²) in [7, 11) is 0. The van der Waals surface area contributed by atoms with Gasteiger partial charge in [0.2, 0.25) is 0 Å². The van der Waals surface area contributed by atoms with Crippen molar-refractivity contribution in [2.45, 2.75) is 19.3 Å². The highest BCUT2D eigenvalue weighted by Gasteiger charge is 1.89.